The van der Waals surface area contributed by atoms with Crippen molar-refractivity contribution >= 4 is 34.8 Å². The summed E-state index contributed by atoms with van der Waals surface area (Å²) in [7, 11) is 8.86. The largest absolute Gasteiger partial charge is 1.00 e. The van der Waals surface area contributed by atoms with Crippen LogP contribution in [0.2, 0.25) is 26.2 Å². The molecule has 0 saturated carbocycles. The molecule has 0 unspecified atom stereocenters. The Morgan fingerprint density at radius 2 is 1.38 bits per heavy atom. The van der Waals surface area contributed by atoms with Gasteiger partial charge in [-0.2, -0.15) is 5.57 Å². The van der Waals surface area contributed by atoms with E-state index in [9.17, 15) is 0 Å². The number of halogens is 2. The van der Waals surface area contributed by atoms with Crippen LogP contribution in [0.4, 0.5) is 0 Å². The standard InChI is InChI=1S/C13H25NSi.C7H9.C4H10N.C2H8Si.2ClH.Li.Zr.H/c1-10-8-12(9-11(10)2)15(6,7)14-13(3,4)5;1-6-4-3-5-7(6)2;1-4(2,3)5;1-3-2;;;;;/h8,14H,9H2,1-7H3;4H,5H2,1-2H3;5H,1-3H3;3H2,1-2H3;2*1H;;;/q;2*-1;;;;+1;+4;-1/p-2. The van der Waals surface area contributed by atoms with Gasteiger partial charge in [-0.25, -0.2) is 11.6 Å². The molecule has 0 fully saturated rings. The molecule has 2 rings (SSSR count). The van der Waals surface area contributed by atoms with E-state index < -0.39 is 29.1 Å². The van der Waals surface area contributed by atoms with E-state index >= 15 is 0 Å². The van der Waals surface area contributed by atoms with Crippen molar-refractivity contribution < 1.29 is 41.1 Å². The van der Waals surface area contributed by atoms with Gasteiger partial charge in [0.2, 0.25) is 0 Å². The second-order valence-electron chi connectivity index (χ2n) is 11.3. The van der Waals surface area contributed by atoms with Crippen LogP contribution >= 0.6 is 17.0 Å². The van der Waals surface area contributed by atoms with Gasteiger partial charge in [0.25, 0.3) is 0 Å². The Kier molecular flexibility index (Phi) is 26.6. The predicted octanol–water partition coefficient (Wildman–Crippen LogP) is 6.45. The molecule has 2 nitrogen and oxygen atoms in total. The predicted molar refractivity (Wildman–Crippen MR) is 159 cm³/mol. The van der Waals surface area contributed by atoms with Gasteiger partial charge >= 0.3 is 56.7 Å². The van der Waals surface area contributed by atoms with E-state index in [4.69, 9.17) is 22.8 Å². The molecule has 0 saturated heterocycles. The minimum absolute atomic E-state index is 0. The Morgan fingerprint density at radius 3 is 1.56 bits per heavy atom. The van der Waals surface area contributed by atoms with Crippen molar-refractivity contribution in [2.45, 2.75) is 119 Å². The molecule has 0 amide bonds. The first-order valence-corrected chi connectivity index (χ1v) is 24.0. The summed E-state index contributed by atoms with van der Waals surface area (Å²) in [5.41, 5.74) is 12.8. The Morgan fingerprint density at radius 1 is 1.00 bits per heavy atom. The zero-order valence-corrected chi connectivity index (χ0v) is 31.4. The fraction of sp³-hybridized carbons (Fsp3) is 0.692. The van der Waals surface area contributed by atoms with E-state index in [1.54, 1.807) is 10.8 Å². The van der Waals surface area contributed by atoms with Gasteiger partial charge in [0, 0.05) is 15.1 Å². The summed E-state index contributed by atoms with van der Waals surface area (Å²) in [6.45, 7) is 30.4. The van der Waals surface area contributed by atoms with Crippen molar-refractivity contribution in [3.8, 4) is 0 Å². The van der Waals surface area contributed by atoms with Crippen molar-refractivity contribution in [2.24, 2.45) is 0 Å². The smallest absolute Gasteiger partial charge is 1.00 e. The van der Waals surface area contributed by atoms with Gasteiger partial charge in [0.1, 0.15) is 8.24 Å². The van der Waals surface area contributed by atoms with Crippen molar-refractivity contribution in [1.29, 1.82) is 0 Å². The Balaban J connectivity index is -0.000000126. The van der Waals surface area contributed by atoms with Gasteiger partial charge in [-0.15, -0.1) is 18.9 Å². The first kappa shape index (κ1) is 42.5. The SMILES string of the molecule is CC(C)(C)[NH-].CC1=C(C)CC([Si](C)(C)NC(C)(C)C)=C1.CC1=C(C)C[C-]=C1.C[SiH2]C.[Cl][Zr+2][Cl].[H-].[Li+]. The molecular weight excluding hydrogens is 566 g/mol. The molecular formula is C26H53Cl2LiN2Si2Zr. The summed E-state index contributed by atoms with van der Waals surface area (Å²) >= 11 is -0.826. The van der Waals surface area contributed by atoms with E-state index in [-0.39, 0.29) is 31.4 Å². The quantitative estimate of drug-likeness (QED) is 0.280. The normalized spacial score (nSPS) is 14.7. The second kappa shape index (κ2) is 21.3. The zero-order valence-electron chi connectivity index (χ0n) is 26.0. The van der Waals surface area contributed by atoms with Crippen LogP contribution in [0.15, 0.2) is 39.6 Å². The fourth-order valence-electron chi connectivity index (χ4n) is 2.90. The van der Waals surface area contributed by atoms with Crippen molar-refractivity contribution in [3.05, 3.63) is 51.5 Å². The molecule has 0 bridgehead atoms. The summed E-state index contributed by atoms with van der Waals surface area (Å²) in [4.78, 5) is 3.82. The average molecular weight is 619 g/mol. The van der Waals surface area contributed by atoms with Crippen molar-refractivity contribution in [2.75, 3.05) is 0 Å². The van der Waals surface area contributed by atoms with Crippen LogP contribution in [0.1, 0.15) is 83.5 Å². The summed E-state index contributed by atoms with van der Waals surface area (Å²) in [5.74, 6) is 0. The maximum Gasteiger partial charge on any atom is 1.00 e. The Hall–Kier alpha value is 1.37. The topological polar surface area (TPSA) is 35.8 Å². The average Bonchev–Trinajstić information content (AvgIpc) is 3.12. The molecule has 0 atom stereocenters. The molecule has 34 heavy (non-hydrogen) atoms. The first-order valence-electron chi connectivity index (χ1n) is 11.9. The third-order valence-corrected chi connectivity index (χ3v) is 7.67. The number of hydrogen-bond acceptors (Lipinski definition) is 1. The minimum atomic E-state index is -1.42. The van der Waals surface area contributed by atoms with E-state index in [1.807, 2.05) is 20.8 Å². The van der Waals surface area contributed by atoms with Crippen molar-refractivity contribution in [1.82, 2.24) is 4.98 Å². The minimum Gasteiger partial charge on any atom is -1.00 e. The summed E-state index contributed by atoms with van der Waals surface area (Å²) in [6, 6.07) is 0. The number of allylic oxidation sites excluding steroid dienone is 8. The zero-order chi connectivity index (χ0) is 27.0. The summed E-state index contributed by atoms with van der Waals surface area (Å²) in [6.07, 6.45) is 9.81. The van der Waals surface area contributed by atoms with Crippen molar-refractivity contribution in [3.63, 3.8) is 0 Å². The van der Waals surface area contributed by atoms with Crippen LogP contribution in [-0.2, 0) is 20.8 Å². The van der Waals surface area contributed by atoms with E-state index in [2.05, 4.69) is 97.9 Å². The molecule has 0 radical (unpaired) electrons. The van der Waals surface area contributed by atoms with Crippen LogP contribution in [-0.4, -0.2) is 28.8 Å². The van der Waals surface area contributed by atoms with Gasteiger partial charge < -0.3 is 12.1 Å². The molecule has 8 heteroatoms. The molecule has 2 aliphatic rings. The van der Waals surface area contributed by atoms with Crippen LogP contribution in [0, 0.1) is 6.08 Å². The molecule has 0 heterocycles. The number of rotatable bonds is 2. The second-order valence-corrected chi connectivity index (χ2v) is 20.6. The monoisotopic (exact) mass is 616 g/mol. The molecule has 2 aliphatic carbocycles. The number of hydrogen-bond donors (Lipinski definition) is 1. The Labute approximate surface area is 249 Å². The first-order chi connectivity index (χ1) is 14.7. The van der Waals surface area contributed by atoms with Crippen LogP contribution < -0.4 is 23.8 Å². The van der Waals surface area contributed by atoms with Gasteiger partial charge in [-0.1, -0.05) is 76.3 Å². The molecule has 0 spiro atoms. The van der Waals surface area contributed by atoms with Crippen LogP contribution in [0.3, 0.4) is 0 Å². The maximum atomic E-state index is 6.94. The number of nitrogens with one attached hydrogen (secondary N) is 2. The molecule has 0 aromatic rings. The van der Waals surface area contributed by atoms with Crippen LogP contribution in [0.25, 0.3) is 5.73 Å². The third kappa shape index (κ3) is 28.0. The molecule has 194 valence electrons. The molecule has 2 N–H and O–H groups in total. The Bertz CT molecular complexity index is 674. The van der Waals surface area contributed by atoms with E-state index in [0.717, 1.165) is 6.42 Å². The van der Waals surface area contributed by atoms with Crippen LogP contribution in [0.5, 0.6) is 0 Å². The third-order valence-electron chi connectivity index (χ3n) is 4.37. The molecule has 0 aromatic heterocycles. The van der Waals surface area contributed by atoms with Gasteiger partial charge in [-0.05, 0) is 41.0 Å². The summed E-state index contributed by atoms with van der Waals surface area (Å²) in [5, 5.41) is 1.65. The maximum absolute atomic E-state index is 6.94. The molecule has 0 aliphatic heterocycles. The van der Waals surface area contributed by atoms with Gasteiger partial charge in [0.15, 0.2) is 0 Å². The fourth-order valence-corrected chi connectivity index (χ4v) is 6.22. The van der Waals surface area contributed by atoms with Gasteiger partial charge in [-0.3, -0.25) is 6.08 Å². The van der Waals surface area contributed by atoms with E-state index in [1.165, 1.54) is 23.1 Å². The molecule has 0 aromatic carbocycles. The summed E-state index contributed by atoms with van der Waals surface area (Å²) < 4.78 is 0. The van der Waals surface area contributed by atoms with Gasteiger partial charge in [0.05, 0.1) is 0 Å². The van der Waals surface area contributed by atoms with E-state index in [0.29, 0.717) is 9.52 Å².